The van der Waals surface area contributed by atoms with E-state index in [1.165, 1.54) is 27.4 Å². The van der Waals surface area contributed by atoms with Crippen molar-refractivity contribution in [3.05, 3.63) is 154 Å². The molecule has 4 aliphatic rings. The van der Waals surface area contributed by atoms with Gasteiger partial charge in [-0.3, -0.25) is 9.53 Å². The second kappa shape index (κ2) is 10.7. The fraction of sp³-hybridized carbons (Fsp3) is 0.222. The number of ether oxygens (including phenoxy) is 4. The van der Waals surface area contributed by atoms with Gasteiger partial charge in [0.25, 0.3) is 5.91 Å². The molecular weight excluding hydrogens is 556 g/mol. The molecule has 0 saturated carbocycles. The minimum absolute atomic E-state index is 0.212. The summed E-state index contributed by atoms with van der Waals surface area (Å²) in [6.07, 6.45) is 1.38. The number of hydrogen-bond donors (Lipinski definition) is 1. The fourth-order valence-electron chi connectivity index (χ4n) is 7.24. The van der Waals surface area contributed by atoms with Crippen LogP contribution in [0.5, 0.6) is 0 Å². The molecule has 44 heavy (non-hydrogen) atoms. The molecule has 8 heteroatoms. The zero-order valence-electron chi connectivity index (χ0n) is 24.6. The Morgan fingerprint density at radius 3 is 1.91 bits per heavy atom. The molecule has 4 aromatic rings. The zero-order valence-corrected chi connectivity index (χ0v) is 24.6. The van der Waals surface area contributed by atoms with Crippen LogP contribution in [-0.4, -0.2) is 44.1 Å². The summed E-state index contributed by atoms with van der Waals surface area (Å²) in [5.74, 6) is -3.09. The number of nitrogens with zero attached hydrogens (tertiary/aromatic N) is 1. The van der Waals surface area contributed by atoms with E-state index in [0.717, 1.165) is 27.8 Å². The Balaban J connectivity index is 1.59. The first-order valence-electron chi connectivity index (χ1n) is 14.5. The first-order chi connectivity index (χ1) is 21.5. The number of hydrogen-bond acceptors (Lipinski definition) is 7. The van der Waals surface area contributed by atoms with Crippen molar-refractivity contribution in [2.45, 2.75) is 29.7 Å². The predicted molar refractivity (Wildman–Crippen MR) is 162 cm³/mol. The molecule has 8 nitrogen and oxygen atoms in total. The highest BCUT2D eigenvalue weighted by Gasteiger charge is 2.70. The van der Waals surface area contributed by atoms with Gasteiger partial charge in [0.15, 0.2) is 5.72 Å². The molecule has 1 N–H and O–H groups in total. The van der Waals surface area contributed by atoms with Gasteiger partial charge >= 0.3 is 11.9 Å². The quantitative estimate of drug-likeness (QED) is 0.180. The van der Waals surface area contributed by atoms with Gasteiger partial charge in [0.05, 0.1) is 31.2 Å². The molecule has 222 valence electrons. The van der Waals surface area contributed by atoms with Gasteiger partial charge in [-0.1, -0.05) is 97.1 Å². The maximum absolute atomic E-state index is 14.0. The van der Waals surface area contributed by atoms with Crippen LogP contribution in [0.2, 0.25) is 0 Å². The first kappa shape index (κ1) is 28.0. The van der Waals surface area contributed by atoms with Crippen LogP contribution in [0.15, 0.2) is 121 Å². The summed E-state index contributed by atoms with van der Waals surface area (Å²) in [6.45, 7) is 0. The Morgan fingerprint density at radius 2 is 1.30 bits per heavy atom. The van der Waals surface area contributed by atoms with Gasteiger partial charge in [0.2, 0.25) is 0 Å². The summed E-state index contributed by atoms with van der Waals surface area (Å²) in [6, 6.07) is 34.3. The number of carbonyl (C=O) groups is 2. The summed E-state index contributed by atoms with van der Waals surface area (Å²) in [7, 11) is 4.30. The fourth-order valence-corrected chi connectivity index (χ4v) is 7.24. The Hall–Kier alpha value is -4.76. The number of esters is 1. The van der Waals surface area contributed by atoms with E-state index in [1.54, 1.807) is 12.1 Å². The Bertz CT molecular complexity index is 1750. The monoisotopic (exact) mass is 588 g/mol. The van der Waals surface area contributed by atoms with E-state index in [9.17, 15) is 9.59 Å². The molecular formula is C36H32N2O6. The summed E-state index contributed by atoms with van der Waals surface area (Å²) in [5.41, 5.74) is 4.35. The maximum Gasteiger partial charge on any atom is 0.332 e. The minimum atomic E-state index is -1.77. The van der Waals surface area contributed by atoms with Gasteiger partial charge in [-0.25, -0.2) is 4.79 Å². The molecule has 1 saturated heterocycles. The molecule has 4 atom stereocenters. The maximum atomic E-state index is 14.0. The van der Waals surface area contributed by atoms with Gasteiger partial charge in [-0.2, -0.15) is 0 Å². The lowest BCUT2D eigenvalue weighted by Crippen LogP contribution is -2.53. The topological polar surface area (TPSA) is 86.3 Å². The highest BCUT2D eigenvalue weighted by Crippen LogP contribution is 2.68. The summed E-state index contributed by atoms with van der Waals surface area (Å²) >= 11 is 0. The first-order valence-corrected chi connectivity index (χ1v) is 14.5. The van der Waals surface area contributed by atoms with E-state index in [4.69, 9.17) is 18.9 Å². The zero-order chi connectivity index (χ0) is 30.5. The second-order valence-corrected chi connectivity index (χ2v) is 11.0. The summed E-state index contributed by atoms with van der Waals surface area (Å²) < 4.78 is 24.3. The molecule has 4 aromatic carbocycles. The lowest BCUT2D eigenvalue weighted by atomic mass is 9.72. The van der Waals surface area contributed by atoms with Gasteiger partial charge < -0.3 is 24.4 Å². The highest BCUT2D eigenvalue weighted by atomic mass is 16.9. The largest absolute Gasteiger partial charge is 0.466 e. The van der Waals surface area contributed by atoms with Crippen LogP contribution in [0.4, 0.5) is 0 Å². The Kier molecular flexibility index (Phi) is 6.85. The van der Waals surface area contributed by atoms with Crippen LogP contribution in [0.25, 0.3) is 0 Å². The van der Waals surface area contributed by atoms with Crippen molar-refractivity contribution in [2.75, 3.05) is 21.3 Å². The third-order valence-electron chi connectivity index (χ3n) is 8.99. The van der Waals surface area contributed by atoms with E-state index >= 15 is 0 Å². The van der Waals surface area contributed by atoms with Crippen molar-refractivity contribution in [3.8, 4) is 0 Å². The molecule has 2 bridgehead atoms. The third kappa shape index (κ3) is 3.95. The molecule has 0 aromatic heterocycles. The van der Waals surface area contributed by atoms with Crippen LogP contribution < -0.4 is 5.32 Å². The lowest BCUT2D eigenvalue weighted by Gasteiger charge is -2.51. The van der Waals surface area contributed by atoms with E-state index in [0.29, 0.717) is 11.3 Å². The number of benzene rings is 4. The van der Waals surface area contributed by atoms with Crippen LogP contribution >= 0.6 is 0 Å². The van der Waals surface area contributed by atoms with Crippen LogP contribution in [0.3, 0.4) is 0 Å². The van der Waals surface area contributed by atoms with Crippen LogP contribution in [0, 0.1) is 0 Å². The second-order valence-electron chi connectivity index (χ2n) is 11.0. The van der Waals surface area contributed by atoms with Crippen LogP contribution in [-0.2, 0) is 29.5 Å². The molecule has 8 rings (SSSR count). The predicted octanol–water partition coefficient (Wildman–Crippen LogP) is 5.55. The van der Waals surface area contributed by atoms with Crippen molar-refractivity contribution >= 4 is 11.9 Å². The number of carbonyl (C=O) groups excluding carboxylic acids is 2. The average Bonchev–Trinajstić information content (AvgIpc) is 3.25. The molecule has 1 amide bonds. The van der Waals surface area contributed by atoms with Crippen molar-refractivity contribution in [3.63, 3.8) is 0 Å². The molecule has 0 unspecified atom stereocenters. The van der Waals surface area contributed by atoms with Crippen molar-refractivity contribution in [1.82, 2.24) is 10.2 Å². The highest BCUT2D eigenvalue weighted by molar-refractivity contribution is 5.94. The van der Waals surface area contributed by atoms with Crippen molar-refractivity contribution < 1.29 is 28.5 Å². The number of rotatable bonds is 6. The van der Waals surface area contributed by atoms with E-state index in [2.05, 4.69) is 34.5 Å². The molecule has 1 fully saturated rings. The SMILES string of the molecule is COC(=O)/C=C1/N2[C@H]3c4ccccc4[C@H]([C@@H](NC(=O)c4ccccc4)c4ccccc43)[C@@]2(c2ccccc2)OC1(OC)OC. The number of methoxy groups -OCH3 is 3. The van der Waals surface area contributed by atoms with Crippen LogP contribution in [0.1, 0.15) is 56.2 Å². The molecule has 0 spiro atoms. The standard InChI is InChI=1S/C36H32N2O6/c1-41-30(39)22-29-36(42-2,43-3)44-35(24-16-8-5-9-17-24)31-25-18-10-12-20-27(25)33(38(29)35)28-21-13-11-19-26(28)32(31)37-34(40)23-14-6-4-7-15-23/h4-22,31-33H,1-3H3,(H,37,40)/b29-22+/t31-,32+,33+,35-/m1/s1. The number of amides is 1. The molecule has 0 radical (unpaired) electrons. The summed E-state index contributed by atoms with van der Waals surface area (Å²) in [5, 5.41) is 3.40. The van der Waals surface area contributed by atoms with Gasteiger partial charge in [-0.05, 0) is 34.4 Å². The van der Waals surface area contributed by atoms with Crippen molar-refractivity contribution in [2.24, 2.45) is 0 Å². The summed E-state index contributed by atoms with van der Waals surface area (Å²) in [4.78, 5) is 29.0. The average molecular weight is 589 g/mol. The lowest BCUT2D eigenvalue weighted by molar-refractivity contribution is -0.361. The Labute approximate surface area is 255 Å². The van der Waals surface area contributed by atoms with Gasteiger partial charge in [0, 0.05) is 25.3 Å². The van der Waals surface area contributed by atoms with E-state index in [1.807, 2.05) is 72.8 Å². The molecule has 1 aliphatic carbocycles. The normalized spacial score (nSPS) is 25.0. The smallest absolute Gasteiger partial charge is 0.332 e. The van der Waals surface area contributed by atoms with Crippen molar-refractivity contribution in [1.29, 1.82) is 0 Å². The Morgan fingerprint density at radius 1 is 0.750 bits per heavy atom. The minimum Gasteiger partial charge on any atom is -0.466 e. The van der Waals surface area contributed by atoms with E-state index in [-0.39, 0.29) is 5.91 Å². The van der Waals surface area contributed by atoms with E-state index < -0.39 is 35.7 Å². The molecule has 3 heterocycles. The number of nitrogens with one attached hydrogen (secondary N) is 1. The third-order valence-corrected chi connectivity index (χ3v) is 8.99. The molecule has 3 aliphatic heterocycles. The van der Waals surface area contributed by atoms with Gasteiger partial charge in [0.1, 0.15) is 5.70 Å². The van der Waals surface area contributed by atoms with Gasteiger partial charge in [-0.15, -0.1) is 0 Å².